The zero-order valence-corrected chi connectivity index (χ0v) is 16.1. The first-order chi connectivity index (χ1) is 13.5. The molecule has 1 aromatic heterocycles. The number of amides is 1. The Kier molecular flexibility index (Phi) is 4.70. The molecule has 3 aromatic rings. The van der Waals surface area contributed by atoms with Crippen molar-refractivity contribution in [1.29, 1.82) is 0 Å². The van der Waals surface area contributed by atoms with Gasteiger partial charge in [0, 0.05) is 10.2 Å². The summed E-state index contributed by atoms with van der Waals surface area (Å²) in [6, 6.07) is 16.1. The Morgan fingerprint density at radius 2 is 1.93 bits per heavy atom. The topological polar surface area (TPSA) is 96.2 Å². The van der Waals surface area contributed by atoms with Crippen LogP contribution in [0, 0.1) is 0 Å². The molecular weight excluding hydrogens is 424 g/mol. The zero-order chi connectivity index (χ0) is 19.7. The lowest BCUT2D eigenvalue weighted by atomic mass is 10.0. The molecule has 3 N–H and O–H groups in total. The maximum Gasteiger partial charge on any atom is 0.352 e. The summed E-state index contributed by atoms with van der Waals surface area (Å²) < 4.78 is 2.47. The fourth-order valence-electron chi connectivity index (χ4n) is 3.03. The molecule has 8 heteroatoms. The quantitative estimate of drug-likeness (QED) is 0.574. The largest absolute Gasteiger partial charge is 0.477 e. The molecule has 1 aliphatic rings. The minimum absolute atomic E-state index is 0.00765. The molecule has 0 saturated heterocycles. The van der Waals surface area contributed by atoms with Crippen LogP contribution in [0.4, 0.5) is 11.5 Å². The lowest BCUT2D eigenvalue weighted by Crippen LogP contribution is -2.25. The summed E-state index contributed by atoms with van der Waals surface area (Å²) in [7, 11) is 0. The fraction of sp³-hybridized carbons (Fsp3) is 0.0500. The smallest absolute Gasteiger partial charge is 0.352 e. The van der Waals surface area contributed by atoms with Gasteiger partial charge in [0.15, 0.2) is 0 Å². The van der Waals surface area contributed by atoms with Crippen molar-refractivity contribution in [3.8, 4) is 0 Å². The number of nitrogens with zero attached hydrogens (tertiary/aromatic N) is 2. The highest BCUT2D eigenvalue weighted by Gasteiger charge is 2.29. The van der Waals surface area contributed by atoms with Gasteiger partial charge in [-0.05, 0) is 35.9 Å². The number of rotatable bonds is 4. The van der Waals surface area contributed by atoms with Crippen LogP contribution in [0.25, 0.3) is 0 Å². The molecule has 2 heterocycles. The van der Waals surface area contributed by atoms with Crippen LogP contribution < -0.4 is 10.6 Å². The van der Waals surface area contributed by atoms with Crippen molar-refractivity contribution in [1.82, 2.24) is 9.78 Å². The van der Waals surface area contributed by atoms with Gasteiger partial charge in [-0.3, -0.25) is 4.79 Å². The van der Waals surface area contributed by atoms with E-state index in [9.17, 15) is 14.7 Å². The van der Waals surface area contributed by atoms with E-state index in [0.717, 1.165) is 10.0 Å². The molecule has 0 aliphatic carbocycles. The molecule has 7 nitrogen and oxygen atoms in total. The zero-order valence-electron chi connectivity index (χ0n) is 14.5. The fourth-order valence-corrected chi connectivity index (χ4v) is 3.45. The number of anilines is 2. The number of hydrogen-bond donors (Lipinski definition) is 3. The molecule has 4 rings (SSSR count). The number of fused-ring (bicyclic) bond motifs is 1. The van der Waals surface area contributed by atoms with E-state index in [2.05, 4.69) is 31.7 Å². The van der Waals surface area contributed by atoms with Crippen molar-refractivity contribution in [3.63, 3.8) is 0 Å². The third kappa shape index (κ3) is 3.41. The van der Waals surface area contributed by atoms with E-state index in [4.69, 9.17) is 0 Å². The molecule has 1 amide bonds. The molecule has 2 aromatic carbocycles. The Morgan fingerprint density at radius 3 is 2.64 bits per heavy atom. The van der Waals surface area contributed by atoms with Gasteiger partial charge in [0.05, 0.1) is 12.2 Å². The monoisotopic (exact) mass is 438 g/mol. The Morgan fingerprint density at radius 1 is 1.14 bits per heavy atom. The SMILES string of the molecule is O=C(O)C1=CC(c2cccc(Br)c2)n2ncc(C(=O)Nc3ccccc3)c2N1. The normalized spacial score (nSPS) is 15.2. The predicted molar refractivity (Wildman–Crippen MR) is 108 cm³/mol. The lowest BCUT2D eigenvalue weighted by Gasteiger charge is -2.24. The number of halogens is 1. The molecule has 0 fully saturated rings. The number of allylic oxidation sites excluding steroid dienone is 1. The van der Waals surface area contributed by atoms with Gasteiger partial charge >= 0.3 is 5.97 Å². The number of carbonyl (C=O) groups excluding carboxylic acids is 1. The minimum Gasteiger partial charge on any atom is -0.477 e. The number of aliphatic carboxylic acids is 1. The van der Waals surface area contributed by atoms with Crippen LogP contribution in [0.15, 0.2) is 77.0 Å². The molecule has 28 heavy (non-hydrogen) atoms. The molecule has 1 unspecified atom stereocenters. The molecule has 140 valence electrons. The maximum absolute atomic E-state index is 12.7. The number of para-hydroxylation sites is 1. The van der Waals surface area contributed by atoms with Crippen molar-refractivity contribution in [2.75, 3.05) is 10.6 Å². The number of nitrogens with one attached hydrogen (secondary N) is 2. The molecule has 0 spiro atoms. The van der Waals surface area contributed by atoms with Crippen molar-refractivity contribution in [2.45, 2.75) is 6.04 Å². The van der Waals surface area contributed by atoms with Gasteiger partial charge in [-0.25, -0.2) is 9.48 Å². The molecular formula is C20H15BrN4O3. The molecule has 0 radical (unpaired) electrons. The highest BCUT2D eigenvalue weighted by molar-refractivity contribution is 9.10. The van der Waals surface area contributed by atoms with Crippen molar-refractivity contribution < 1.29 is 14.7 Å². The van der Waals surface area contributed by atoms with E-state index in [-0.39, 0.29) is 17.2 Å². The summed E-state index contributed by atoms with van der Waals surface area (Å²) in [5.41, 5.74) is 1.73. The van der Waals surface area contributed by atoms with Gasteiger partial charge in [0.1, 0.15) is 17.1 Å². The number of carboxylic acid groups (broad SMARTS) is 1. The Balaban J connectivity index is 1.74. The second-order valence-corrected chi connectivity index (χ2v) is 7.10. The number of benzene rings is 2. The van der Waals surface area contributed by atoms with Gasteiger partial charge in [-0.1, -0.05) is 46.3 Å². The van der Waals surface area contributed by atoms with Crippen LogP contribution in [-0.4, -0.2) is 26.8 Å². The number of hydrogen-bond acceptors (Lipinski definition) is 4. The number of carboxylic acids is 1. The second kappa shape index (κ2) is 7.32. The Labute approximate surface area is 168 Å². The third-order valence-corrected chi connectivity index (χ3v) is 4.83. The summed E-state index contributed by atoms with van der Waals surface area (Å²) in [6.45, 7) is 0. The van der Waals surface area contributed by atoms with Gasteiger partial charge in [0.2, 0.25) is 0 Å². The van der Waals surface area contributed by atoms with Crippen molar-refractivity contribution >= 4 is 39.3 Å². The van der Waals surface area contributed by atoms with Gasteiger partial charge < -0.3 is 15.7 Å². The molecule has 0 saturated carbocycles. The lowest BCUT2D eigenvalue weighted by molar-refractivity contribution is -0.132. The van der Waals surface area contributed by atoms with E-state index in [1.165, 1.54) is 6.20 Å². The van der Waals surface area contributed by atoms with E-state index < -0.39 is 12.0 Å². The first kappa shape index (κ1) is 18.0. The van der Waals surface area contributed by atoms with Crippen LogP contribution in [0.2, 0.25) is 0 Å². The van der Waals surface area contributed by atoms with Crippen LogP contribution in [0.5, 0.6) is 0 Å². The van der Waals surface area contributed by atoms with E-state index >= 15 is 0 Å². The van der Waals surface area contributed by atoms with Crippen molar-refractivity contribution in [2.24, 2.45) is 0 Å². The second-order valence-electron chi connectivity index (χ2n) is 6.18. The maximum atomic E-state index is 12.7. The molecule has 0 bridgehead atoms. The van der Waals surface area contributed by atoms with E-state index in [1.807, 2.05) is 42.5 Å². The van der Waals surface area contributed by atoms with Gasteiger partial charge in [-0.15, -0.1) is 0 Å². The average Bonchev–Trinajstić information content (AvgIpc) is 3.12. The van der Waals surface area contributed by atoms with Crippen LogP contribution >= 0.6 is 15.9 Å². The van der Waals surface area contributed by atoms with Crippen LogP contribution in [0.3, 0.4) is 0 Å². The highest BCUT2D eigenvalue weighted by atomic mass is 79.9. The van der Waals surface area contributed by atoms with E-state index in [1.54, 1.807) is 22.9 Å². The first-order valence-corrected chi connectivity index (χ1v) is 9.24. The summed E-state index contributed by atoms with van der Waals surface area (Å²) >= 11 is 3.43. The summed E-state index contributed by atoms with van der Waals surface area (Å²) in [6.07, 6.45) is 3.01. The standard InChI is InChI=1S/C20H15BrN4O3/c21-13-6-4-5-12(9-13)17-10-16(20(27)28)24-18-15(11-22-25(17)18)19(26)23-14-7-2-1-3-8-14/h1-11,17,24H,(H,23,26)(H,27,28). The third-order valence-electron chi connectivity index (χ3n) is 4.33. The highest BCUT2D eigenvalue weighted by Crippen LogP contribution is 2.33. The first-order valence-electron chi connectivity index (χ1n) is 8.44. The molecule has 1 atom stereocenters. The summed E-state index contributed by atoms with van der Waals surface area (Å²) in [4.78, 5) is 24.4. The summed E-state index contributed by atoms with van der Waals surface area (Å²) in [5.74, 6) is -1.15. The van der Waals surface area contributed by atoms with Crippen LogP contribution in [0.1, 0.15) is 22.0 Å². The number of carbonyl (C=O) groups is 2. The minimum atomic E-state index is -1.11. The number of aromatic nitrogens is 2. The van der Waals surface area contributed by atoms with Gasteiger partial charge in [0.25, 0.3) is 5.91 Å². The van der Waals surface area contributed by atoms with Crippen LogP contribution in [-0.2, 0) is 4.79 Å². The Hall–Kier alpha value is -3.39. The van der Waals surface area contributed by atoms with E-state index in [0.29, 0.717) is 11.5 Å². The average molecular weight is 439 g/mol. The Bertz CT molecular complexity index is 1090. The van der Waals surface area contributed by atoms with Crippen molar-refractivity contribution in [3.05, 3.63) is 88.2 Å². The predicted octanol–water partition coefficient (Wildman–Crippen LogP) is 3.88. The molecule has 1 aliphatic heterocycles. The summed E-state index contributed by atoms with van der Waals surface area (Å²) in [5, 5.41) is 19.5. The van der Waals surface area contributed by atoms with Gasteiger partial charge in [-0.2, -0.15) is 5.10 Å².